The largest absolute Gasteiger partial charge is 0.464 e. The molecule has 7 heteroatoms. The maximum absolute atomic E-state index is 12.7. The minimum absolute atomic E-state index is 0.251. The summed E-state index contributed by atoms with van der Waals surface area (Å²) >= 11 is 0. The third-order valence-corrected chi connectivity index (χ3v) is 5.64. The Bertz CT molecular complexity index is 1000. The second-order valence-electron chi connectivity index (χ2n) is 7.79. The molecule has 2 N–H and O–H groups in total. The van der Waals surface area contributed by atoms with Crippen molar-refractivity contribution in [3.63, 3.8) is 0 Å². The predicted octanol–water partition coefficient (Wildman–Crippen LogP) is 2.79. The molecule has 2 aliphatic rings. The Morgan fingerprint density at radius 1 is 1.16 bits per heavy atom. The number of oxime groups is 1. The first-order valence-corrected chi connectivity index (χ1v) is 10.9. The van der Waals surface area contributed by atoms with Gasteiger partial charge in [-0.05, 0) is 24.5 Å². The van der Waals surface area contributed by atoms with Gasteiger partial charge in [-0.25, -0.2) is 4.79 Å². The molecule has 1 unspecified atom stereocenters. The fourth-order valence-electron chi connectivity index (χ4n) is 4.10. The lowest BCUT2D eigenvalue weighted by atomic mass is 10.1. The molecule has 1 aliphatic heterocycles. The molecule has 0 aromatic heterocycles. The normalized spacial score (nSPS) is 19.5. The highest BCUT2D eigenvalue weighted by Gasteiger charge is 2.34. The minimum atomic E-state index is -0.742. The van der Waals surface area contributed by atoms with Crippen molar-refractivity contribution >= 4 is 17.6 Å². The number of hydrogen-bond donors (Lipinski definition) is 2. The molecule has 1 aliphatic carbocycles. The molecule has 166 valence electrons. The Morgan fingerprint density at radius 3 is 2.38 bits per heavy atom. The van der Waals surface area contributed by atoms with Gasteiger partial charge in [-0.1, -0.05) is 59.8 Å². The molecule has 0 spiro atoms. The van der Waals surface area contributed by atoms with Crippen LogP contribution < -0.4 is 10.6 Å². The molecule has 0 radical (unpaired) electrons. The number of ether oxygens (including phenoxy) is 1. The number of benzene rings is 2. The van der Waals surface area contributed by atoms with Gasteiger partial charge in [0.15, 0.2) is 0 Å². The number of carbonyl (C=O) groups is 2. The van der Waals surface area contributed by atoms with Crippen molar-refractivity contribution in [2.24, 2.45) is 5.16 Å². The predicted molar refractivity (Wildman–Crippen MR) is 122 cm³/mol. The van der Waals surface area contributed by atoms with Gasteiger partial charge in [0.1, 0.15) is 17.9 Å². The van der Waals surface area contributed by atoms with Gasteiger partial charge < -0.3 is 20.2 Å². The van der Waals surface area contributed by atoms with Crippen LogP contribution in [0.3, 0.4) is 0 Å². The average Bonchev–Trinajstić information content (AvgIpc) is 3.40. The number of rotatable bonds is 8. The molecule has 1 fully saturated rings. The molecule has 32 heavy (non-hydrogen) atoms. The van der Waals surface area contributed by atoms with Crippen molar-refractivity contribution in [2.45, 2.75) is 38.0 Å². The van der Waals surface area contributed by atoms with Crippen LogP contribution in [0, 0.1) is 0 Å². The zero-order valence-corrected chi connectivity index (χ0v) is 18.0. The number of carbonyl (C=O) groups excluding carboxylic acids is 2. The first-order valence-electron chi connectivity index (χ1n) is 10.9. The van der Waals surface area contributed by atoms with Crippen LogP contribution in [0.25, 0.3) is 11.1 Å². The summed E-state index contributed by atoms with van der Waals surface area (Å²) in [5, 5.41) is 10.4. The van der Waals surface area contributed by atoms with E-state index >= 15 is 0 Å². The fourth-order valence-corrected chi connectivity index (χ4v) is 4.10. The molecular weight excluding hydrogens is 406 g/mol. The standard InChI is InChI=1S/C25H27N3O4/c1-3-9-21(25(30)31-4-2)27-24(29)22-14-16(15-26-22)32-28-23-19-12-7-5-10-17(19)18-11-6-8-13-20(18)23/h3,5-8,10-13,16,21-22,26H,1,4,9,14-15H2,2H3,(H,27,29)/t16?,21-,22+/m1/s1. The third kappa shape index (κ3) is 4.43. The Balaban J connectivity index is 1.40. The van der Waals surface area contributed by atoms with Crippen molar-refractivity contribution in [1.29, 1.82) is 0 Å². The lowest BCUT2D eigenvalue weighted by molar-refractivity contribution is -0.147. The summed E-state index contributed by atoms with van der Waals surface area (Å²) in [7, 11) is 0. The number of nitrogens with zero attached hydrogens (tertiary/aromatic N) is 1. The Hall–Kier alpha value is -3.45. The molecule has 2 aromatic rings. The molecule has 1 amide bonds. The van der Waals surface area contributed by atoms with Crippen molar-refractivity contribution in [3.8, 4) is 11.1 Å². The van der Waals surface area contributed by atoms with Gasteiger partial charge in [0.05, 0.1) is 12.6 Å². The van der Waals surface area contributed by atoms with Crippen LogP contribution in [0.15, 0.2) is 66.3 Å². The molecule has 4 rings (SSSR count). The number of esters is 1. The Morgan fingerprint density at radius 2 is 1.78 bits per heavy atom. The molecule has 2 aromatic carbocycles. The first kappa shape index (κ1) is 21.8. The van der Waals surface area contributed by atoms with Crippen molar-refractivity contribution in [2.75, 3.05) is 13.2 Å². The van der Waals surface area contributed by atoms with Gasteiger partial charge >= 0.3 is 5.97 Å². The van der Waals surface area contributed by atoms with Gasteiger partial charge in [0.2, 0.25) is 5.91 Å². The van der Waals surface area contributed by atoms with Crippen LogP contribution >= 0.6 is 0 Å². The van der Waals surface area contributed by atoms with Crippen molar-refractivity contribution < 1.29 is 19.2 Å². The molecule has 0 saturated carbocycles. The summed E-state index contributed by atoms with van der Waals surface area (Å²) in [5.74, 6) is -0.725. The summed E-state index contributed by atoms with van der Waals surface area (Å²) in [6.45, 7) is 6.12. The quantitative estimate of drug-likeness (QED) is 0.324. The summed E-state index contributed by atoms with van der Waals surface area (Å²) in [6, 6.07) is 15.0. The number of amides is 1. The van der Waals surface area contributed by atoms with E-state index in [1.54, 1.807) is 13.0 Å². The van der Waals surface area contributed by atoms with Crippen molar-refractivity contribution in [3.05, 3.63) is 72.3 Å². The third-order valence-electron chi connectivity index (χ3n) is 5.64. The lowest BCUT2D eigenvalue weighted by Gasteiger charge is -2.18. The number of fused-ring (bicyclic) bond motifs is 3. The summed E-state index contributed by atoms with van der Waals surface area (Å²) in [4.78, 5) is 30.6. The van der Waals surface area contributed by atoms with Gasteiger partial charge in [-0.2, -0.15) is 0 Å². The van der Waals surface area contributed by atoms with Crippen molar-refractivity contribution in [1.82, 2.24) is 10.6 Å². The molecular formula is C25H27N3O4. The highest BCUT2D eigenvalue weighted by Crippen LogP contribution is 2.36. The highest BCUT2D eigenvalue weighted by atomic mass is 16.6. The van der Waals surface area contributed by atoms with E-state index in [1.165, 1.54) is 0 Å². The first-order chi connectivity index (χ1) is 15.6. The molecule has 0 bridgehead atoms. The van der Waals surface area contributed by atoms with E-state index < -0.39 is 18.1 Å². The zero-order valence-electron chi connectivity index (χ0n) is 18.0. The van der Waals surface area contributed by atoms with Crippen LogP contribution in [0.2, 0.25) is 0 Å². The molecule has 3 atom stereocenters. The maximum Gasteiger partial charge on any atom is 0.328 e. The van der Waals surface area contributed by atoms with Gasteiger partial charge in [-0.3, -0.25) is 4.79 Å². The second kappa shape index (κ2) is 9.78. The van der Waals surface area contributed by atoms with E-state index in [4.69, 9.17) is 9.57 Å². The van der Waals surface area contributed by atoms with Crippen LogP contribution in [0.1, 0.15) is 30.9 Å². The van der Waals surface area contributed by atoms with E-state index in [9.17, 15) is 9.59 Å². The van der Waals surface area contributed by atoms with E-state index in [2.05, 4.69) is 34.5 Å². The monoisotopic (exact) mass is 433 g/mol. The van der Waals surface area contributed by atoms with Crippen LogP contribution in [-0.4, -0.2) is 48.9 Å². The van der Waals surface area contributed by atoms with E-state index in [0.29, 0.717) is 19.4 Å². The molecule has 1 heterocycles. The van der Waals surface area contributed by atoms with Gasteiger partial charge in [0, 0.05) is 24.1 Å². The summed E-state index contributed by atoms with van der Waals surface area (Å²) in [5.41, 5.74) is 5.16. The zero-order chi connectivity index (χ0) is 22.5. The Labute approximate surface area is 187 Å². The van der Waals surface area contributed by atoms with E-state index in [0.717, 1.165) is 28.0 Å². The maximum atomic E-state index is 12.7. The topological polar surface area (TPSA) is 89.0 Å². The summed E-state index contributed by atoms with van der Waals surface area (Å²) < 4.78 is 5.03. The average molecular weight is 434 g/mol. The second-order valence-corrected chi connectivity index (χ2v) is 7.79. The molecule has 7 nitrogen and oxygen atoms in total. The minimum Gasteiger partial charge on any atom is -0.464 e. The smallest absolute Gasteiger partial charge is 0.328 e. The van der Waals surface area contributed by atoms with E-state index in [1.807, 2.05) is 36.4 Å². The lowest BCUT2D eigenvalue weighted by Crippen LogP contribution is -2.48. The number of nitrogens with one attached hydrogen (secondary N) is 2. The SMILES string of the molecule is C=CC[C@@H](NC(=O)[C@@H]1CC(ON=C2c3ccccc3-c3ccccc32)CN1)C(=O)OCC. The fraction of sp³-hybridized carbons (Fsp3) is 0.320. The summed E-state index contributed by atoms with van der Waals surface area (Å²) in [6.07, 6.45) is 2.10. The number of hydrogen-bond acceptors (Lipinski definition) is 6. The van der Waals surface area contributed by atoms with Gasteiger partial charge in [-0.15, -0.1) is 6.58 Å². The van der Waals surface area contributed by atoms with Crippen LogP contribution in [0.4, 0.5) is 0 Å². The molecule has 1 saturated heterocycles. The van der Waals surface area contributed by atoms with E-state index in [-0.39, 0.29) is 18.6 Å². The van der Waals surface area contributed by atoms with Crippen LogP contribution in [0.5, 0.6) is 0 Å². The van der Waals surface area contributed by atoms with Crippen LogP contribution in [-0.2, 0) is 19.2 Å². The van der Waals surface area contributed by atoms with Gasteiger partial charge in [0.25, 0.3) is 0 Å². The Kier molecular flexibility index (Phi) is 6.66. The highest BCUT2D eigenvalue weighted by molar-refractivity contribution is 6.24.